The zero-order chi connectivity index (χ0) is 18.6. The Kier molecular flexibility index (Phi) is 8.84. The largest absolute Gasteiger partial charge is 0.359 e. The highest BCUT2D eigenvalue weighted by atomic mass is 16.7. The molecule has 0 aliphatic rings. The van der Waals surface area contributed by atoms with E-state index >= 15 is 0 Å². The second kappa shape index (κ2) is 11.4. The van der Waals surface area contributed by atoms with E-state index in [1.807, 2.05) is 6.08 Å². The molecule has 0 heterocycles. The van der Waals surface area contributed by atoms with Crippen molar-refractivity contribution in [3.05, 3.63) is 96.6 Å². The lowest BCUT2D eigenvalue weighted by Crippen LogP contribution is -2.32. The lowest BCUT2D eigenvalue weighted by molar-refractivity contribution is -0.0294. The van der Waals surface area contributed by atoms with Gasteiger partial charge in [-0.2, -0.15) is 0 Å². The fourth-order valence-corrected chi connectivity index (χ4v) is 3.04. The average Bonchev–Trinajstić information content (AvgIpc) is 2.67. The van der Waals surface area contributed by atoms with Crippen LogP contribution in [0.25, 0.3) is 0 Å². The Bertz CT molecular complexity index is 615. The van der Waals surface area contributed by atoms with Gasteiger partial charge in [-0.1, -0.05) is 78.9 Å². The third-order valence-corrected chi connectivity index (χ3v) is 4.19. The van der Waals surface area contributed by atoms with E-state index in [2.05, 4.69) is 78.7 Å². The Morgan fingerprint density at radius 2 is 1.62 bits per heavy atom. The molecule has 2 rings (SSSR count). The van der Waals surface area contributed by atoms with Gasteiger partial charge in [0.1, 0.15) is 6.79 Å². The van der Waals surface area contributed by atoms with Crippen molar-refractivity contribution in [1.29, 1.82) is 0 Å². The van der Waals surface area contributed by atoms with Gasteiger partial charge in [0.2, 0.25) is 0 Å². The van der Waals surface area contributed by atoms with Crippen LogP contribution in [0.15, 0.2) is 85.5 Å². The second-order valence-corrected chi connectivity index (χ2v) is 6.26. The monoisotopic (exact) mass is 351 g/mol. The molecule has 0 saturated heterocycles. The maximum atomic E-state index is 5.40. The van der Waals surface area contributed by atoms with Crippen LogP contribution >= 0.6 is 0 Å². The average molecular weight is 351 g/mol. The molecule has 2 aromatic carbocycles. The Morgan fingerprint density at radius 3 is 2.12 bits per heavy atom. The van der Waals surface area contributed by atoms with Crippen LogP contribution in [-0.4, -0.2) is 38.5 Å². The molecule has 0 radical (unpaired) electrons. The summed E-state index contributed by atoms with van der Waals surface area (Å²) in [6.07, 6.45) is 2.76. The van der Waals surface area contributed by atoms with E-state index in [0.717, 1.165) is 25.1 Å². The van der Waals surface area contributed by atoms with Crippen molar-refractivity contribution in [2.24, 2.45) is 0 Å². The summed E-state index contributed by atoms with van der Waals surface area (Å²) in [5, 5.41) is 0. The molecule has 0 unspecified atom stereocenters. The van der Waals surface area contributed by atoms with Crippen LogP contribution in [0.5, 0.6) is 0 Å². The van der Waals surface area contributed by atoms with Gasteiger partial charge in [-0.05, 0) is 17.5 Å². The molecule has 0 spiro atoms. The van der Waals surface area contributed by atoms with Crippen molar-refractivity contribution >= 4 is 0 Å². The third kappa shape index (κ3) is 6.26. The summed E-state index contributed by atoms with van der Waals surface area (Å²) in [6, 6.07) is 21.3. The first-order valence-electron chi connectivity index (χ1n) is 8.94. The topological polar surface area (TPSA) is 21.7 Å². The van der Waals surface area contributed by atoms with E-state index in [-0.39, 0.29) is 6.04 Å². The summed E-state index contributed by atoms with van der Waals surface area (Å²) in [5.41, 5.74) is 3.67. The van der Waals surface area contributed by atoms with Gasteiger partial charge < -0.3 is 9.47 Å². The number of hydrogen-bond donors (Lipinski definition) is 0. The summed E-state index contributed by atoms with van der Waals surface area (Å²) in [6.45, 7) is 10.7. The minimum atomic E-state index is 0.159. The molecular formula is C23H29NO2. The van der Waals surface area contributed by atoms with Gasteiger partial charge in [-0.15, -0.1) is 6.58 Å². The number of hydrogen-bond acceptors (Lipinski definition) is 3. The lowest BCUT2D eigenvalue weighted by Gasteiger charge is -2.32. The molecule has 0 aromatic heterocycles. The minimum Gasteiger partial charge on any atom is -0.359 e. The Hall–Kier alpha value is -2.20. The third-order valence-electron chi connectivity index (χ3n) is 4.19. The maximum absolute atomic E-state index is 5.40. The Morgan fingerprint density at radius 1 is 1.04 bits per heavy atom. The van der Waals surface area contributed by atoms with E-state index in [0.29, 0.717) is 13.4 Å². The smallest absolute Gasteiger partial charge is 0.146 e. The lowest BCUT2D eigenvalue weighted by atomic mass is 9.96. The van der Waals surface area contributed by atoms with Crippen molar-refractivity contribution in [3.63, 3.8) is 0 Å². The van der Waals surface area contributed by atoms with Crippen LogP contribution in [0.4, 0.5) is 0 Å². The first-order chi connectivity index (χ1) is 12.8. The molecule has 3 nitrogen and oxygen atoms in total. The molecule has 0 fully saturated rings. The molecule has 0 atom stereocenters. The minimum absolute atomic E-state index is 0.159. The number of nitrogens with zero attached hydrogens (tertiary/aromatic N) is 1. The van der Waals surface area contributed by atoms with E-state index in [1.165, 1.54) is 11.1 Å². The highest BCUT2D eigenvalue weighted by Crippen LogP contribution is 2.29. The summed E-state index contributed by atoms with van der Waals surface area (Å²) >= 11 is 0. The molecule has 2 aromatic rings. The summed E-state index contributed by atoms with van der Waals surface area (Å²) < 4.78 is 10.3. The zero-order valence-electron chi connectivity index (χ0n) is 15.6. The van der Waals surface area contributed by atoms with Gasteiger partial charge in [0.25, 0.3) is 0 Å². The van der Waals surface area contributed by atoms with Crippen molar-refractivity contribution in [3.8, 4) is 0 Å². The van der Waals surface area contributed by atoms with Gasteiger partial charge in [0, 0.05) is 20.2 Å². The van der Waals surface area contributed by atoms with Crippen molar-refractivity contribution in [2.75, 3.05) is 33.6 Å². The molecule has 26 heavy (non-hydrogen) atoms. The number of benzene rings is 2. The van der Waals surface area contributed by atoms with Gasteiger partial charge in [0.15, 0.2) is 0 Å². The first-order valence-corrected chi connectivity index (χ1v) is 8.94. The fraction of sp³-hybridized carbons (Fsp3) is 0.304. The number of ether oxygens (including phenoxy) is 2. The quantitative estimate of drug-likeness (QED) is 0.310. The Labute approximate surface area is 157 Å². The van der Waals surface area contributed by atoms with Gasteiger partial charge in [-0.25, -0.2) is 0 Å². The standard InChI is InChI=1S/C23H29NO2/c1-4-16-24(18-20(2)15-17-26-19-25-3)23(21-11-7-5-8-12-21)22-13-9-6-10-14-22/h4-14,23H,1-2,15-19H2,3H3. The van der Waals surface area contributed by atoms with Crippen LogP contribution in [0.3, 0.4) is 0 Å². The maximum Gasteiger partial charge on any atom is 0.146 e. The number of rotatable bonds is 12. The predicted octanol–water partition coefficient (Wildman–Crippen LogP) is 4.83. The fourth-order valence-electron chi connectivity index (χ4n) is 3.04. The van der Waals surface area contributed by atoms with Crippen molar-refractivity contribution in [2.45, 2.75) is 12.5 Å². The van der Waals surface area contributed by atoms with Gasteiger partial charge in [0.05, 0.1) is 12.6 Å². The molecule has 138 valence electrons. The molecule has 0 amide bonds. The first kappa shape index (κ1) is 20.1. The van der Waals surface area contributed by atoms with Crippen LogP contribution < -0.4 is 0 Å². The molecule has 0 aliphatic heterocycles. The highest BCUT2D eigenvalue weighted by molar-refractivity contribution is 5.32. The summed E-state index contributed by atoms with van der Waals surface area (Å²) in [4.78, 5) is 2.40. The van der Waals surface area contributed by atoms with Crippen molar-refractivity contribution < 1.29 is 9.47 Å². The van der Waals surface area contributed by atoms with E-state index < -0.39 is 0 Å². The molecule has 0 bridgehead atoms. The highest BCUT2D eigenvalue weighted by Gasteiger charge is 2.21. The molecule has 0 aliphatic carbocycles. The molecule has 3 heteroatoms. The zero-order valence-corrected chi connectivity index (χ0v) is 15.6. The van der Waals surface area contributed by atoms with Crippen LogP contribution in [-0.2, 0) is 9.47 Å². The second-order valence-electron chi connectivity index (χ2n) is 6.26. The van der Waals surface area contributed by atoms with E-state index in [9.17, 15) is 0 Å². The van der Waals surface area contributed by atoms with Crippen molar-refractivity contribution in [1.82, 2.24) is 4.90 Å². The van der Waals surface area contributed by atoms with E-state index in [4.69, 9.17) is 9.47 Å². The van der Waals surface area contributed by atoms with Crippen LogP contribution in [0.2, 0.25) is 0 Å². The normalized spacial score (nSPS) is 11.0. The van der Waals surface area contributed by atoms with Crippen LogP contribution in [0.1, 0.15) is 23.6 Å². The van der Waals surface area contributed by atoms with Crippen LogP contribution in [0, 0.1) is 0 Å². The van der Waals surface area contributed by atoms with E-state index in [1.54, 1.807) is 7.11 Å². The Balaban J connectivity index is 2.18. The van der Waals surface area contributed by atoms with Gasteiger partial charge in [-0.3, -0.25) is 4.90 Å². The molecule has 0 saturated carbocycles. The molecule has 0 N–H and O–H groups in total. The summed E-state index contributed by atoms with van der Waals surface area (Å²) in [5.74, 6) is 0. The molecular weight excluding hydrogens is 322 g/mol. The predicted molar refractivity (Wildman–Crippen MR) is 108 cm³/mol. The SMILES string of the molecule is C=CCN(CC(=C)CCOCOC)C(c1ccccc1)c1ccccc1. The van der Waals surface area contributed by atoms with Gasteiger partial charge >= 0.3 is 0 Å². The number of methoxy groups -OCH3 is 1. The summed E-state index contributed by atoms with van der Waals surface area (Å²) in [7, 11) is 1.63.